The molecule has 0 aliphatic carbocycles. The average molecular weight is 492 g/mol. The molecule has 0 aliphatic heterocycles. The average Bonchev–Trinajstić information content (AvgIpc) is 2.73. The van der Waals surface area contributed by atoms with E-state index in [0.717, 1.165) is 11.1 Å². The molecule has 9 nitrogen and oxygen atoms in total. The van der Waals surface area contributed by atoms with Gasteiger partial charge in [-0.05, 0) is 76.1 Å². The number of amides is 2. The quantitative estimate of drug-likeness (QED) is 0.437. The van der Waals surface area contributed by atoms with E-state index in [-0.39, 0.29) is 36.9 Å². The van der Waals surface area contributed by atoms with E-state index < -0.39 is 21.7 Å². The smallest absolute Gasteiger partial charge is 0.407 e. The summed E-state index contributed by atoms with van der Waals surface area (Å²) >= 11 is 0. The van der Waals surface area contributed by atoms with E-state index in [1.54, 1.807) is 26.8 Å². The molecule has 34 heavy (non-hydrogen) atoms. The second kappa shape index (κ2) is 11.8. The van der Waals surface area contributed by atoms with Gasteiger partial charge in [0.05, 0.1) is 17.9 Å². The van der Waals surface area contributed by atoms with Crippen LogP contribution in [0.15, 0.2) is 47.4 Å². The lowest BCUT2D eigenvalue weighted by Crippen LogP contribution is -2.37. The van der Waals surface area contributed by atoms with Crippen LogP contribution in [0.2, 0.25) is 0 Å². The van der Waals surface area contributed by atoms with Crippen molar-refractivity contribution in [3.8, 4) is 5.75 Å². The first-order valence-electron chi connectivity index (χ1n) is 10.9. The van der Waals surface area contributed by atoms with E-state index >= 15 is 0 Å². The molecule has 0 unspecified atom stereocenters. The minimum Gasteiger partial charge on any atom is -0.493 e. The molecule has 186 valence electrons. The first-order valence-corrected chi connectivity index (χ1v) is 12.4. The molecule has 0 atom stereocenters. The number of ether oxygens (including phenoxy) is 2. The van der Waals surface area contributed by atoms with Crippen molar-refractivity contribution in [3.05, 3.63) is 53.6 Å². The van der Waals surface area contributed by atoms with E-state index in [1.165, 1.54) is 18.2 Å². The van der Waals surface area contributed by atoms with Gasteiger partial charge in [0.1, 0.15) is 11.4 Å². The fourth-order valence-electron chi connectivity index (χ4n) is 2.78. The van der Waals surface area contributed by atoms with Crippen LogP contribution in [0, 0.1) is 13.8 Å². The zero-order valence-electron chi connectivity index (χ0n) is 20.2. The number of nitrogens with one attached hydrogen (secondary N) is 3. The van der Waals surface area contributed by atoms with Crippen molar-refractivity contribution in [1.82, 2.24) is 10.0 Å². The van der Waals surface area contributed by atoms with Crippen LogP contribution in [0.5, 0.6) is 5.75 Å². The number of carbonyl (C=O) groups excluding carboxylic acids is 2. The highest BCUT2D eigenvalue weighted by molar-refractivity contribution is 7.89. The van der Waals surface area contributed by atoms with Gasteiger partial charge in [0.25, 0.3) is 0 Å². The molecular weight excluding hydrogens is 458 g/mol. The van der Waals surface area contributed by atoms with Gasteiger partial charge in [-0.3, -0.25) is 4.79 Å². The van der Waals surface area contributed by atoms with Crippen molar-refractivity contribution < 1.29 is 27.5 Å². The van der Waals surface area contributed by atoms with Crippen LogP contribution in [0.3, 0.4) is 0 Å². The maximum atomic E-state index is 12.5. The number of alkyl carbamates (subject to hydrolysis) is 1. The molecule has 0 radical (unpaired) electrons. The Bertz CT molecular complexity index is 1110. The van der Waals surface area contributed by atoms with Crippen LogP contribution in [0.1, 0.15) is 38.3 Å². The summed E-state index contributed by atoms with van der Waals surface area (Å²) in [6.07, 6.45) is -0.517. The van der Waals surface area contributed by atoms with Crippen LogP contribution in [-0.4, -0.2) is 45.7 Å². The molecule has 0 saturated carbocycles. The molecule has 10 heteroatoms. The lowest BCUT2D eigenvalue weighted by atomic mass is 10.1. The topological polar surface area (TPSA) is 123 Å². The van der Waals surface area contributed by atoms with Gasteiger partial charge in [-0.15, -0.1) is 0 Å². The zero-order valence-corrected chi connectivity index (χ0v) is 21.0. The molecule has 0 aliphatic rings. The highest BCUT2D eigenvalue weighted by atomic mass is 32.2. The summed E-state index contributed by atoms with van der Waals surface area (Å²) in [6, 6.07) is 11.6. The summed E-state index contributed by atoms with van der Waals surface area (Å²) in [7, 11) is -3.83. The molecule has 2 rings (SSSR count). The summed E-state index contributed by atoms with van der Waals surface area (Å²) in [5.41, 5.74) is 1.98. The summed E-state index contributed by atoms with van der Waals surface area (Å²) < 4.78 is 38.2. The maximum absolute atomic E-state index is 12.5. The highest BCUT2D eigenvalue weighted by Crippen LogP contribution is 2.18. The third kappa shape index (κ3) is 9.40. The molecular formula is C24H33N3O6S. The van der Waals surface area contributed by atoms with Crippen LogP contribution >= 0.6 is 0 Å². The van der Waals surface area contributed by atoms with Gasteiger partial charge in [0.15, 0.2) is 0 Å². The number of aryl methyl sites for hydroxylation is 2. The zero-order chi connectivity index (χ0) is 25.4. The number of sulfonamides is 1. The van der Waals surface area contributed by atoms with E-state index in [4.69, 9.17) is 9.47 Å². The maximum Gasteiger partial charge on any atom is 0.407 e. The SMILES string of the molecule is Cc1ccc(OCCC(=O)Nc2cccc(S(=O)(=O)NCCNC(=O)OC(C)(C)C)c2)cc1C. The second-order valence-electron chi connectivity index (χ2n) is 8.75. The first kappa shape index (κ1) is 27.1. The van der Waals surface area contributed by atoms with Gasteiger partial charge >= 0.3 is 6.09 Å². The first-order chi connectivity index (χ1) is 15.9. The second-order valence-corrected chi connectivity index (χ2v) is 10.5. The Morgan fingerprint density at radius 2 is 1.71 bits per heavy atom. The Morgan fingerprint density at radius 1 is 0.971 bits per heavy atom. The number of anilines is 1. The molecule has 2 amide bonds. The molecule has 0 spiro atoms. The highest BCUT2D eigenvalue weighted by Gasteiger charge is 2.17. The van der Waals surface area contributed by atoms with Gasteiger partial charge in [-0.1, -0.05) is 12.1 Å². The minimum atomic E-state index is -3.83. The predicted octanol–water partition coefficient (Wildman–Crippen LogP) is 3.51. The molecule has 0 aromatic heterocycles. The lowest BCUT2D eigenvalue weighted by Gasteiger charge is -2.19. The number of rotatable bonds is 10. The van der Waals surface area contributed by atoms with E-state index in [1.807, 2.05) is 32.0 Å². The van der Waals surface area contributed by atoms with Crippen LogP contribution in [-0.2, 0) is 19.6 Å². The third-order valence-electron chi connectivity index (χ3n) is 4.59. The lowest BCUT2D eigenvalue weighted by molar-refractivity contribution is -0.116. The van der Waals surface area contributed by atoms with Gasteiger partial charge in [-0.2, -0.15) is 0 Å². The predicted molar refractivity (Wildman–Crippen MR) is 131 cm³/mol. The van der Waals surface area contributed by atoms with Crippen LogP contribution in [0.4, 0.5) is 10.5 Å². The summed E-state index contributed by atoms with van der Waals surface area (Å²) in [4.78, 5) is 23.9. The fourth-order valence-corrected chi connectivity index (χ4v) is 3.85. The molecule has 3 N–H and O–H groups in total. The minimum absolute atomic E-state index is 0.00560. The summed E-state index contributed by atoms with van der Waals surface area (Å²) in [5, 5.41) is 5.16. The fraction of sp³-hybridized carbons (Fsp3) is 0.417. The van der Waals surface area contributed by atoms with E-state index in [0.29, 0.717) is 11.4 Å². The largest absolute Gasteiger partial charge is 0.493 e. The van der Waals surface area contributed by atoms with Crippen molar-refractivity contribution >= 4 is 27.7 Å². The Labute approximate surface area is 201 Å². The van der Waals surface area contributed by atoms with Gasteiger partial charge in [-0.25, -0.2) is 17.9 Å². The molecule has 0 fully saturated rings. The van der Waals surface area contributed by atoms with Gasteiger partial charge in [0, 0.05) is 18.8 Å². The summed E-state index contributed by atoms with van der Waals surface area (Å²) in [6.45, 7) is 9.44. The van der Waals surface area contributed by atoms with E-state index in [9.17, 15) is 18.0 Å². The summed E-state index contributed by atoms with van der Waals surface area (Å²) in [5.74, 6) is 0.393. The third-order valence-corrected chi connectivity index (χ3v) is 6.05. The van der Waals surface area contributed by atoms with E-state index in [2.05, 4.69) is 15.4 Å². The Hall–Kier alpha value is -3.11. The van der Waals surface area contributed by atoms with Crippen molar-refractivity contribution in [3.63, 3.8) is 0 Å². The monoisotopic (exact) mass is 491 g/mol. The van der Waals surface area contributed by atoms with Crippen molar-refractivity contribution in [2.75, 3.05) is 25.0 Å². The molecule has 0 heterocycles. The molecule has 2 aromatic rings. The van der Waals surface area contributed by atoms with Crippen molar-refractivity contribution in [1.29, 1.82) is 0 Å². The Kier molecular flexibility index (Phi) is 9.46. The van der Waals surface area contributed by atoms with Gasteiger partial charge < -0.3 is 20.1 Å². The normalized spacial score (nSPS) is 11.6. The van der Waals surface area contributed by atoms with Crippen LogP contribution < -0.4 is 20.1 Å². The number of hydrogen-bond donors (Lipinski definition) is 3. The number of benzene rings is 2. The van der Waals surface area contributed by atoms with Crippen LogP contribution in [0.25, 0.3) is 0 Å². The van der Waals surface area contributed by atoms with Crippen molar-refractivity contribution in [2.24, 2.45) is 0 Å². The standard InChI is InChI=1S/C24H33N3O6S/c1-17-9-10-20(15-18(17)2)32-14-11-22(28)27-19-7-6-8-21(16-19)34(30,31)26-13-12-25-23(29)33-24(3,4)5/h6-10,15-16,26H,11-14H2,1-5H3,(H,25,29)(H,27,28). The number of hydrogen-bond acceptors (Lipinski definition) is 6. The molecule has 0 saturated heterocycles. The molecule has 2 aromatic carbocycles. The Balaban J connectivity index is 1.82. The molecule has 0 bridgehead atoms. The number of carbonyl (C=O) groups is 2. The Morgan fingerprint density at radius 3 is 2.38 bits per heavy atom. The van der Waals surface area contributed by atoms with Gasteiger partial charge in [0.2, 0.25) is 15.9 Å². The van der Waals surface area contributed by atoms with Crippen molar-refractivity contribution in [2.45, 2.75) is 51.5 Å².